The third kappa shape index (κ3) is 4.64. The lowest BCUT2D eigenvalue weighted by Crippen LogP contribution is -2.41. The summed E-state index contributed by atoms with van der Waals surface area (Å²) in [5.74, 6) is 0.460. The largest absolute Gasteiger partial charge is 0.497 e. The fraction of sp³-hybridized carbons (Fsp3) is 0.235. The van der Waals surface area contributed by atoms with Gasteiger partial charge in [0.25, 0.3) is 15.9 Å². The molecule has 0 saturated carbocycles. The van der Waals surface area contributed by atoms with E-state index in [1.165, 1.54) is 38.5 Å². The van der Waals surface area contributed by atoms with Gasteiger partial charge in [0.15, 0.2) is 0 Å². The van der Waals surface area contributed by atoms with E-state index in [2.05, 4.69) is 5.43 Å². The summed E-state index contributed by atoms with van der Waals surface area (Å²) in [5.41, 5.74) is 2.44. The van der Waals surface area contributed by atoms with E-state index in [1.54, 1.807) is 18.2 Å². The monoisotopic (exact) mass is 380 g/mol. The lowest BCUT2D eigenvalue weighted by Gasteiger charge is -2.13. The molecule has 26 heavy (non-hydrogen) atoms. The van der Waals surface area contributed by atoms with Crippen molar-refractivity contribution in [3.8, 4) is 17.2 Å². The number of ether oxygens (including phenoxy) is 3. The van der Waals surface area contributed by atoms with Gasteiger partial charge in [-0.25, -0.2) is 8.42 Å². The lowest BCUT2D eigenvalue weighted by atomic mass is 10.2. The van der Waals surface area contributed by atoms with Gasteiger partial charge in [0.05, 0.1) is 20.8 Å². The van der Waals surface area contributed by atoms with Gasteiger partial charge in [0.2, 0.25) is 0 Å². The van der Waals surface area contributed by atoms with Crippen LogP contribution in [0, 0.1) is 0 Å². The number of hydrogen-bond donors (Lipinski definition) is 2. The minimum atomic E-state index is -4.07. The van der Waals surface area contributed by atoms with Crippen LogP contribution in [0.15, 0.2) is 47.4 Å². The van der Waals surface area contributed by atoms with Crippen LogP contribution in [0.25, 0.3) is 0 Å². The van der Waals surface area contributed by atoms with E-state index in [4.69, 9.17) is 14.2 Å². The van der Waals surface area contributed by atoms with E-state index < -0.39 is 15.9 Å². The highest BCUT2D eigenvalue weighted by Gasteiger charge is 2.21. The van der Waals surface area contributed by atoms with Crippen LogP contribution in [0.2, 0.25) is 0 Å². The Morgan fingerprint density at radius 1 is 1.00 bits per heavy atom. The number of rotatable bonds is 8. The van der Waals surface area contributed by atoms with Crippen LogP contribution in [0.4, 0.5) is 0 Å². The summed E-state index contributed by atoms with van der Waals surface area (Å²) in [6.45, 7) is 2.36. The van der Waals surface area contributed by atoms with Crippen molar-refractivity contribution >= 4 is 15.9 Å². The first-order valence-electron chi connectivity index (χ1n) is 7.68. The summed E-state index contributed by atoms with van der Waals surface area (Å²) in [4.78, 5) is 14.0. The third-order valence-electron chi connectivity index (χ3n) is 3.39. The number of hydrogen-bond acceptors (Lipinski definition) is 6. The number of benzene rings is 2. The molecular weight excluding hydrogens is 360 g/mol. The molecule has 9 heteroatoms. The number of nitrogens with one attached hydrogen (secondary N) is 2. The Morgan fingerprint density at radius 2 is 1.65 bits per heavy atom. The van der Waals surface area contributed by atoms with Crippen molar-refractivity contribution in [1.29, 1.82) is 0 Å². The van der Waals surface area contributed by atoms with Crippen LogP contribution in [0.5, 0.6) is 17.2 Å². The summed E-state index contributed by atoms with van der Waals surface area (Å²) < 4.78 is 40.3. The van der Waals surface area contributed by atoms with Gasteiger partial charge in [0.1, 0.15) is 22.1 Å². The first-order valence-corrected chi connectivity index (χ1v) is 9.16. The molecule has 0 unspecified atom stereocenters. The molecule has 2 aromatic carbocycles. The van der Waals surface area contributed by atoms with E-state index in [0.29, 0.717) is 18.1 Å². The molecule has 0 aliphatic heterocycles. The number of hydrazine groups is 1. The van der Waals surface area contributed by atoms with Gasteiger partial charge in [-0.3, -0.25) is 10.2 Å². The van der Waals surface area contributed by atoms with Crippen molar-refractivity contribution in [2.45, 2.75) is 11.8 Å². The molecule has 0 heterocycles. The first kappa shape index (κ1) is 19.5. The van der Waals surface area contributed by atoms with Crippen LogP contribution in [0.3, 0.4) is 0 Å². The number of carbonyl (C=O) groups excluding carboxylic acids is 1. The molecule has 8 nitrogen and oxygen atoms in total. The summed E-state index contributed by atoms with van der Waals surface area (Å²) in [5, 5.41) is 0. The van der Waals surface area contributed by atoms with Crippen LogP contribution in [-0.2, 0) is 10.0 Å². The minimum absolute atomic E-state index is 0.119. The van der Waals surface area contributed by atoms with Crippen LogP contribution >= 0.6 is 0 Å². The molecule has 2 aromatic rings. The van der Waals surface area contributed by atoms with Crippen LogP contribution in [0.1, 0.15) is 17.3 Å². The second-order valence-electron chi connectivity index (χ2n) is 5.03. The fourth-order valence-corrected chi connectivity index (χ4v) is 3.13. The predicted octanol–water partition coefficient (Wildman–Crippen LogP) is 1.73. The highest BCUT2D eigenvalue weighted by molar-refractivity contribution is 7.89. The Labute approximate surface area is 152 Å². The maximum Gasteiger partial charge on any atom is 0.266 e. The molecular formula is C17H20N2O6S. The zero-order valence-corrected chi connectivity index (χ0v) is 15.4. The Bertz CT molecular complexity index is 865. The predicted molar refractivity (Wildman–Crippen MR) is 94.9 cm³/mol. The van der Waals surface area contributed by atoms with E-state index in [9.17, 15) is 13.2 Å². The molecule has 0 saturated heterocycles. The smallest absolute Gasteiger partial charge is 0.266 e. The second-order valence-corrected chi connectivity index (χ2v) is 6.68. The maximum atomic E-state index is 12.5. The van der Waals surface area contributed by atoms with Crippen molar-refractivity contribution < 1.29 is 27.4 Å². The molecule has 0 spiro atoms. The van der Waals surface area contributed by atoms with Gasteiger partial charge in [-0.05, 0) is 43.3 Å². The number of carbonyl (C=O) groups is 1. The fourth-order valence-electron chi connectivity index (χ4n) is 2.10. The average molecular weight is 380 g/mol. The van der Waals surface area contributed by atoms with Crippen molar-refractivity contribution in [3.05, 3.63) is 48.0 Å². The quantitative estimate of drug-likeness (QED) is 0.676. The molecule has 2 N–H and O–H groups in total. The summed E-state index contributed by atoms with van der Waals surface area (Å²) >= 11 is 0. The van der Waals surface area contributed by atoms with E-state index in [0.717, 1.165) is 0 Å². The summed E-state index contributed by atoms with van der Waals surface area (Å²) in [6.07, 6.45) is 0. The van der Waals surface area contributed by atoms with Crippen LogP contribution < -0.4 is 24.5 Å². The van der Waals surface area contributed by atoms with Gasteiger partial charge >= 0.3 is 0 Å². The topological polar surface area (TPSA) is 103 Å². The Morgan fingerprint density at radius 3 is 2.23 bits per heavy atom. The maximum absolute atomic E-state index is 12.5. The highest BCUT2D eigenvalue weighted by atomic mass is 32.2. The van der Waals surface area contributed by atoms with Gasteiger partial charge < -0.3 is 14.2 Å². The zero-order chi connectivity index (χ0) is 19.2. The molecule has 2 rings (SSSR count). The number of methoxy groups -OCH3 is 2. The van der Waals surface area contributed by atoms with Gasteiger partial charge in [-0.15, -0.1) is 4.83 Å². The minimum Gasteiger partial charge on any atom is -0.497 e. The molecule has 140 valence electrons. The van der Waals surface area contributed by atoms with Crippen molar-refractivity contribution in [1.82, 2.24) is 10.3 Å². The normalized spacial score (nSPS) is 10.9. The Kier molecular flexibility index (Phi) is 6.42. The summed E-state index contributed by atoms with van der Waals surface area (Å²) in [7, 11) is -1.30. The third-order valence-corrected chi connectivity index (χ3v) is 4.66. The Balaban J connectivity index is 2.13. The van der Waals surface area contributed by atoms with Crippen molar-refractivity contribution in [2.75, 3.05) is 20.8 Å². The average Bonchev–Trinajstić information content (AvgIpc) is 2.66. The van der Waals surface area contributed by atoms with Crippen LogP contribution in [-0.4, -0.2) is 35.2 Å². The number of sulfonamides is 1. The molecule has 0 fully saturated rings. The van der Waals surface area contributed by atoms with E-state index in [1.807, 2.05) is 11.8 Å². The highest BCUT2D eigenvalue weighted by Crippen LogP contribution is 2.27. The first-order chi connectivity index (χ1) is 12.4. The molecule has 0 bridgehead atoms. The van der Waals surface area contributed by atoms with E-state index >= 15 is 0 Å². The SMILES string of the molecule is CCOc1ccc(C(=O)NNS(=O)(=O)c2cc(OC)ccc2OC)cc1. The summed E-state index contributed by atoms with van der Waals surface area (Å²) in [6, 6.07) is 10.6. The zero-order valence-electron chi connectivity index (χ0n) is 14.6. The van der Waals surface area contributed by atoms with Crippen molar-refractivity contribution in [2.24, 2.45) is 0 Å². The number of amides is 1. The molecule has 0 aliphatic carbocycles. The lowest BCUT2D eigenvalue weighted by molar-refractivity contribution is 0.0945. The second kappa shape index (κ2) is 8.54. The van der Waals surface area contributed by atoms with Gasteiger partial charge in [0, 0.05) is 11.6 Å². The molecule has 0 aromatic heterocycles. The van der Waals surface area contributed by atoms with Gasteiger partial charge in [-0.2, -0.15) is 0 Å². The molecule has 0 atom stereocenters. The molecule has 0 radical (unpaired) electrons. The molecule has 1 amide bonds. The Hall–Kier alpha value is -2.78. The molecule has 0 aliphatic rings. The van der Waals surface area contributed by atoms with E-state index in [-0.39, 0.29) is 16.2 Å². The van der Waals surface area contributed by atoms with Gasteiger partial charge in [-0.1, -0.05) is 0 Å². The standard InChI is InChI=1S/C17H20N2O6S/c1-4-25-13-7-5-12(6-8-13)17(20)18-19-26(21,22)16-11-14(23-2)9-10-15(16)24-3/h5-11,19H,4H2,1-3H3,(H,18,20). The van der Waals surface area contributed by atoms with Crippen molar-refractivity contribution in [3.63, 3.8) is 0 Å².